The van der Waals surface area contributed by atoms with Crippen LogP contribution in [0, 0.1) is 0 Å². The number of fused-ring (bicyclic) bond motifs is 1. The first-order chi connectivity index (χ1) is 17.5. The maximum absolute atomic E-state index is 13.0. The van der Waals surface area contributed by atoms with Crippen molar-refractivity contribution in [1.82, 2.24) is 31.0 Å². The van der Waals surface area contributed by atoms with E-state index in [0.29, 0.717) is 31.6 Å². The number of aliphatic hydroxyl groups excluding tert-OH is 2. The minimum atomic E-state index is -2.16. The number of aliphatic hydroxyl groups is 3. The highest BCUT2D eigenvalue weighted by Gasteiger charge is 2.70. The lowest BCUT2D eigenvalue weighted by Gasteiger charge is -2.41. The smallest absolute Gasteiger partial charge is 0.340 e. The molecule has 4 rings (SSSR count). The third-order valence-corrected chi connectivity index (χ3v) is 7.48. The van der Waals surface area contributed by atoms with Gasteiger partial charge in [-0.05, 0) is 13.0 Å². The standard InChI is InChI=1S/C24H37N7O6/c1-14(32)24(28-22(35)30(2)3)18(25)19(29-31-10-8-26-9-11-31)23(36,21(24)34)13-37-20(33)16-12-27-17-7-5-4-6-15(16)17/h4-7,12,14,18-19,21,26-27,29,32,34,36H,8-11,13,25H2,1-3H3,(H,28,35)/t14-,18-,19-,21-,23+,24-/m0/s1. The second kappa shape index (κ2) is 10.5. The van der Waals surface area contributed by atoms with Crippen LogP contribution in [0.2, 0.25) is 0 Å². The summed E-state index contributed by atoms with van der Waals surface area (Å²) >= 11 is 0. The summed E-state index contributed by atoms with van der Waals surface area (Å²) in [5, 5.41) is 42.7. The fourth-order valence-corrected chi connectivity index (χ4v) is 5.26. The Balaban J connectivity index is 1.66. The maximum atomic E-state index is 13.0. The molecular formula is C24H37N7O6. The number of aromatic amines is 1. The van der Waals surface area contributed by atoms with Crippen LogP contribution in [0.4, 0.5) is 4.79 Å². The van der Waals surface area contributed by atoms with E-state index in [1.165, 1.54) is 32.1 Å². The summed E-state index contributed by atoms with van der Waals surface area (Å²) in [6.07, 6.45) is -1.65. The number of rotatable bonds is 7. The van der Waals surface area contributed by atoms with Gasteiger partial charge in [0.05, 0.1) is 23.8 Å². The lowest BCUT2D eigenvalue weighted by atomic mass is 9.84. The molecule has 9 N–H and O–H groups in total. The normalized spacial score (nSPS) is 31.3. The van der Waals surface area contributed by atoms with Crippen molar-refractivity contribution >= 4 is 22.9 Å². The Morgan fingerprint density at radius 1 is 1.30 bits per heavy atom. The fourth-order valence-electron chi connectivity index (χ4n) is 5.26. The molecule has 6 atom stereocenters. The van der Waals surface area contributed by atoms with E-state index in [1.807, 2.05) is 17.1 Å². The van der Waals surface area contributed by atoms with Gasteiger partial charge in [-0.3, -0.25) is 0 Å². The van der Waals surface area contributed by atoms with Crippen molar-refractivity contribution < 1.29 is 29.6 Å². The lowest BCUT2D eigenvalue weighted by molar-refractivity contribution is -0.135. The van der Waals surface area contributed by atoms with Gasteiger partial charge in [0.25, 0.3) is 0 Å². The number of nitrogens with two attached hydrogens (primary N) is 1. The van der Waals surface area contributed by atoms with E-state index in [0.717, 1.165) is 5.52 Å². The van der Waals surface area contributed by atoms with Crippen molar-refractivity contribution in [3.8, 4) is 0 Å². The number of carbonyl (C=O) groups excluding carboxylic acids is 2. The first-order valence-electron chi connectivity index (χ1n) is 12.3. The summed E-state index contributed by atoms with van der Waals surface area (Å²) in [5.41, 5.74) is 6.77. The molecule has 0 unspecified atom stereocenters. The molecule has 1 aliphatic carbocycles. The number of piperazine rings is 1. The van der Waals surface area contributed by atoms with Gasteiger partial charge in [-0.2, -0.15) is 0 Å². The van der Waals surface area contributed by atoms with Crippen LogP contribution in [0.25, 0.3) is 10.9 Å². The highest BCUT2D eigenvalue weighted by atomic mass is 16.5. The number of amides is 2. The molecule has 2 amide bonds. The van der Waals surface area contributed by atoms with Gasteiger partial charge in [-0.1, -0.05) is 18.2 Å². The zero-order valence-corrected chi connectivity index (χ0v) is 21.3. The minimum Gasteiger partial charge on any atom is -0.459 e. The van der Waals surface area contributed by atoms with Crippen LogP contribution >= 0.6 is 0 Å². The Morgan fingerprint density at radius 3 is 2.62 bits per heavy atom. The van der Waals surface area contributed by atoms with Crippen molar-refractivity contribution in [1.29, 1.82) is 0 Å². The summed E-state index contributed by atoms with van der Waals surface area (Å²) in [4.78, 5) is 30.0. The zero-order chi connectivity index (χ0) is 27.0. The van der Waals surface area contributed by atoms with Gasteiger partial charge in [0, 0.05) is 57.4 Å². The van der Waals surface area contributed by atoms with Crippen molar-refractivity contribution in [3.05, 3.63) is 36.0 Å². The van der Waals surface area contributed by atoms with Gasteiger partial charge >= 0.3 is 12.0 Å². The van der Waals surface area contributed by atoms with Crippen LogP contribution < -0.4 is 21.8 Å². The Bertz CT molecular complexity index is 1120. The molecule has 1 aliphatic heterocycles. The van der Waals surface area contributed by atoms with Crippen LogP contribution in [0.15, 0.2) is 30.5 Å². The molecule has 0 bridgehead atoms. The number of aromatic nitrogens is 1. The SMILES string of the molecule is C[C@H](O)[C@]1(NC(=O)N(C)C)[C@@H](N)[C@H](NN2CCNCC2)[C@](O)(COC(=O)c2c[nH]c3ccccc23)[C@@H]1O. The largest absolute Gasteiger partial charge is 0.459 e. The number of hydrogen-bond donors (Lipinski definition) is 8. The average Bonchev–Trinajstić information content (AvgIpc) is 3.37. The first-order valence-corrected chi connectivity index (χ1v) is 12.3. The third kappa shape index (κ3) is 4.79. The summed E-state index contributed by atoms with van der Waals surface area (Å²) < 4.78 is 5.55. The van der Waals surface area contributed by atoms with E-state index >= 15 is 0 Å². The number of carbonyl (C=O) groups is 2. The van der Waals surface area contributed by atoms with Crippen molar-refractivity contribution in [3.63, 3.8) is 0 Å². The predicted octanol–water partition coefficient (Wildman–Crippen LogP) is -2.07. The van der Waals surface area contributed by atoms with Crippen molar-refractivity contribution in [2.45, 2.75) is 42.4 Å². The molecule has 1 aromatic carbocycles. The van der Waals surface area contributed by atoms with E-state index in [9.17, 15) is 24.9 Å². The number of esters is 1. The summed E-state index contributed by atoms with van der Waals surface area (Å²) in [5.74, 6) is -0.709. The van der Waals surface area contributed by atoms with E-state index in [4.69, 9.17) is 10.5 Å². The molecular weight excluding hydrogens is 482 g/mol. The number of nitrogens with one attached hydrogen (secondary N) is 4. The third-order valence-electron chi connectivity index (χ3n) is 7.48. The molecule has 2 aromatic rings. The lowest BCUT2D eigenvalue weighted by Crippen LogP contribution is -2.72. The molecule has 2 fully saturated rings. The van der Waals surface area contributed by atoms with Gasteiger partial charge in [0.2, 0.25) is 0 Å². The summed E-state index contributed by atoms with van der Waals surface area (Å²) in [6, 6.07) is 4.33. The number of hydrogen-bond acceptors (Lipinski definition) is 10. The Morgan fingerprint density at radius 2 is 1.97 bits per heavy atom. The number of nitrogens with zero attached hydrogens (tertiary/aromatic N) is 2. The van der Waals surface area contributed by atoms with Gasteiger partial charge in [-0.25, -0.2) is 20.0 Å². The van der Waals surface area contributed by atoms with Crippen molar-refractivity contribution in [2.24, 2.45) is 5.73 Å². The number of para-hydroxylation sites is 1. The first kappa shape index (κ1) is 27.3. The molecule has 2 heterocycles. The molecule has 13 heteroatoms. The number of urea groups is 1. The van der Waals surface area contributed by atoms with E-state index in [1.54, 1.807) is 12.1 Å². The highest BCUT2D eigenvalue weighted by Crippen LogP contribution is 2.41. The molecule has 1 saturated heterocycles. The van der Waals surface area contributed by atoms with E-state index < -0.39 is 54.0 Å². The van der Waals surface area contributed by atoms with Crippen molar-refractivity contribution in [2.75, 3.05) is 46.9 Å². The second-order valence-corrected chi connectivity index (χ2v) is 10.0. The van der Waals surface area contributed by atoms with Gasteiger partial charge in [0.1, 0.15) is 23.9 Å². The van der Waals surface area contributed by atoms with Crippen LogP contribution in [-0.2, 0) is 4.74 Å². The average molecular weight is 520 g/mol. The summed E-state index contributed by atoms with van der Waals surface area (Å²) in [6.45, 7) is 3.27. The van der Waals surface area contributed by atoms with Crippen LogP contribution in [0.3, 0.4) is 0 Å². The molecule has 13 nitrogen and oxygen atoms in total. The van der Waals surface area contributed by atoms with Gasteiger partial charge in [-0.15, -0.1) is 0 Å². The summed E-state index contributed by atoms with van der Waals surface area (Å²) in [7, 11) is 3.01. The highest BCUT2D eigenvalue weighted by molar-refractivity contribution is 6.04. The Hall–Kier alpha value is -2.78. The number of ether oxygens (including phenoxy) is 1. The molecule has 37 heavy (non-hydrogen) atoms. The minimum absolute atomic E-state index is 0.269. The number of H-pyrrole nitrogens is 1. The van der Waals surface area contributed by atoms with Gasteiger partial charge in [0.15, 0.2) is 0 Å². The fraction of sp³-hybridized carbons (Fsp3) is 0.583. The van der Waals surface area contributed by atoms with E-state index in [-0.39, 0.29) is 5.56 Å². The zero-order valence-electron chi connectivity index (χ0n) is 21.3. The van der Waals surface area contributed by atoms with E-state index in [2.05, 4.69) is 21.0 Å². The number of benzene rings is 1. The molecule has 0 spiro atoms. The monoisotopic (exact) mass is 519 g/mol. The maximum Gasteiger partial charge on any atom is 0.340 e. The molecule has 1 saturated carbocycles. The predicted molar refractivity (Wildman–Crippen MR) is 136 cm³/mol. The quantitative estimate of drug-likeness (QED) is 0.189. The van der Waals surface area contributed by atoms with Crippen LogP contribution in [0.1, 0.15) is 17.3 Å². The van der Waals surface area contributed by atoms with Gasteiger partial charge < -0.3 is 46.3 Å². The number of hydrazine groups is 1. The molecule has 204 valence electrons. The molecule has 2 aliphatic rings. The van der Waals surface area contributed by atoms with Crippen LogP contribution in [-0.4, -0.2) is 125 Å². The Labute approximate surface area is 214 Å². The Kier molecular flexibility index (Phi) is 7.76. The second-order valence-electron chi connectivity index (χ2n) is 10.0. The molecule has 0 radical (unpaired) electrons. The van der Waals surface area contributed by atoms with Crippen LogP contribution in [0.5, 0.6) is 0 Å². The topological polar surface area (TPSA) is 188 Å². The molecule has 1 aromatic heterocycles.